The Bertz CT molecular complexity index is 872. The Morgan fingerprint density at radius 3 is 2.14 bits per heavy atom. The van der Waals surface area contributed by atoms with Gasteiger partial charge in [0.05, 0.1) is 4.90 Å². The number of sulfonamides is 1. The molecule has 1 aliphatic heterocycles. The summed E-state index contributed by atoms with van der Waals surface area (Å²) in [7, 11) is -3.74. The van der Waals surface area contributed by atoms with Crippen molar-refractivity contribution in [3.05, 3.63) is 24.3 Å². The second kappa shape index (κ2) is 8.91. The van der Waals surface area contributed by atoms with Gasteiger partial charge >= 0.3 is 0 Å². The van der Waals surface area contributed by atoms with Gasteiger partial charge in [-0.1, -0.05) is 0 Å². The summed E-state index contributed by atoms with van der Waals surface area (Å²) in [6.07, 6.45) is 1.99. The third-order valence-corrected chi connectivity index (χ3v) is 6.46. The first-order chi connectivity index (χ1) is 13.8. The molecular weight excluding hydrogens is 396 g/mol. The summed E-state index contributed by atoms with van der Waals surface area (Å²) in [5.74, 6) is -0.00411. The lowest BCUT2D eigenvalue weighted by atomic mass is 10.2. The van der Waals surface area contributed by atoms with E-state index in [0.29, 0.717) is 31.9 Å². The molecule has 1 aromatic rings. The zero-order valence-electron chi connectivity index (χ0n) is 16.4. The number of nitrogens with zero attached hydrogens (tertiary/aromatic N) is 2. The van der Waals surface area contributed by atoms with Crippen LogP contribution in [0.5, 0.6) is 0 Å². The van der Waals surface area contributed by atoms with Crippen molar-refractivity contribution < 1.29 is 22.8 Å². The molecule has 2 aliphatic rings. The molecule has 1 saturated heterocycles. The van der Waals surface area contributed by atoms with E-state index in [2.05, 4.69) is 10.0 Å². The van der Waals surface area contributed by atoms with Gasteiger partial charge in [-0.25, -0.2) is 13.1 Å². The number of carbonyl (C=O) groups is 3. The average molecular weight is 423 g/mol. The van der Waals surface area contributed by atoms with Crippen molar-refractivity contribution in [2.45, 2.75) is 31.1 Å². The highest BCUT2D eigenvalue weighted by Gasteiger charge is 2.35. The van der Waals surface area contributed by atoms with Gasteiger partial charge in [-0.2, -0.15) is 0 Å². The fraction of sp³-hybridized carbons (Fsp3) is 0.526. The molecule has 1 aromatic carbocycles. The van der Waals surface area contributed by atoms with E-state index >= 15 is 0 Å². The van der Waals surface area contributed by atoms with Crippen molar-refractivity contribution in [1.29, 1.82) is 0 Å². The first kappa shape index (κ1) is 21.3. The maximum Gasteiger partial charge on any atom is 0.240 e. The number of benzene rings is 1. The molecule has 1 aliphatic carbocycles. The van der Waals surface area contributed by atoms with Crippen molar-refractivity contribution in [3.8, 4) is 0 Å². The second-order valence-electron chi connectivity index (χ2n) is 7.33. The molecule has 10 heteroatoms. The van der Waals surface area contributed by atoms with Crippen LogP contribution >= 0.6 is 0 Å². The van der Waals surface area contributed by atoms with Gasteiger partial charge in [-0.15, -0.1) is 0 Å². The van der Waals surface area contributed by atoms with E-state index in [1.54, 1.807) is 4.90 Å². The van der Waals surface area contributed by atoms with E-state index in [-0.39, 0.29) is 41.5 Å². The normalized spacial score (nSPS) is 17.1. The molecule has 0 bridgehead atoms. The van der Waals surface area contributed by atoms with Crippen LogP contribution < -0.4 is 10.0 Å². The fourth-order valence-corrected chi connectivity index (χ4v) is 4.25. The molecule has 9 nitrogen and oxygen atoms in total. The maximum atomic E-state index is 12.3. The first-order valence-corrected chi connectivity index (χ1v) is 11.2. The van der Waals surface area contributed by atoms with Gasteiger partial charge in [0.2, 0.25) is 27.7 Å². The number of hydrogen-bond donors (Lipinski definition) is 2. The van der Waals surface area contributed by atoms with Crippen LogP contribution in [0.25, 0.3) is 0 Å². The molecule has 0 atom stereocenters. The summed E-state index contributed by atoms with van der Waals surface area (Å²) in [6, 6.07) is 5.80. The Morgan fingerprint density at radius 2 is 1.59 bits per heavy atom. The molecule has 0 spiro atoms. The molecule has 2 fully saturated rings. The summed E-state index contributed by atoms with van der Waals surface area (Å²) in [5.41, 5.74) is 0.505. The molecule has 2 N–H and O–H groups in total. The summed E-state index contributed by atoms with van der Waals surface area (Å²) >= 11 is 0. The summed E-state index contributed by atoms with van der Waals surface area (Å²) in [5, 5.41) is 2.57. The molecule has 29 heavy (non-hydrogen) atoms. The second-order valence-corrected chi connectivity index (χ2v) is 9.10. The quantitative estimate of drug-likeness (QED) is 0.660. The van der Waals surface area contributed by atoms with Crippen molar-refractivity contribution in [2.24, 2.45) is 5.92 Å². The molecule has 3 amide bonds. The zero-order chi connectivity index (χ0) is 21.0. The van der Waals surface area contributed by atoms with Gasteiger partial charge in [0.25, 0.3) is 0 Å². The Balaban J connectivity index is 1.43. The Morgan fingerprint density at radius 1 is 1.00 bits per heavy atom. The molecule has 1 saturated carbocycles. The van der Waals surface area contributed by atoms with Crippen LogP contribution in [0.1, 0.15) is 26.2 Å². The van der Waals surface area contributed by atoms with E-state index < -0.39 is 10.0 Å². The molecule has 0 aromatic heterocycles. The van der Waals surface area contributed by atoms with Crippen LogP contribution in [0.2, 0.25) is 0 Å². The lowest BCUT2D eigenvalue weighted by Crippen LogP contribution is -2.51. The largest absolute Gasteiger partial charge is 0.339 e. The summed E-state index contributed by atoms with van der Waals surface area (Å²) in [6.45, 7) is 3.40. The van der Waals surface area contributed by atoms with Crippen molar-refractivity contribution in [1.82, 2.24) is 14.5 Å². The minimum Gasteiger partial charge on any atom is -0.339 e. The number of carbonyl (C=O) groups excluding carboxylic acids is 3. The van der Waals surface area contributed by atoms with Gasteiger partial charge < -0.3 is 15.1 Å². The zero-order valence-corrected chi connectivity index (χ0v) is 17.2. The number of nitrogens with one attached hydrogen (secondary N) is 2. The minimum atomic E-state index is -3.74. The smallest absolute Gasteiger partial charge is 0.240 e. The van der Waals surface area contributed by atoms with Gasteiger partial charge in [0.15, 0.2) is 0 Å². The topological polar surface area (TPSA) is 116 Å². The van der Waals surface area contributed by atoms with Crippen LogP contribution in [0.4, 0.5) is 5.69 Å². The van der Waals surface area contributed by atoms with Crippen LogP contribution in [0.15, 0.2) is 29.2 Å². The lowest BCUT2D eigenvalue weighted by molar-refractivity contribution is -0.140. The highest BCUT2D eigenvalue weighted by molar-refractivity contribution is 7.89. The standard InChI is InChI=1S/C19H26N4O5S/c1-14(24)21-16-4-6-17(7-5-16)29(27,28)20-9-8-18(25)22-10-12-23(13-11-22)19(26)15-2-3-15/h4-7,15,20H,2-3,8-13H2,1H3,(H,21,24). The van der Waals surface area contributed by atoms with Gasteiger partial charge in [-0.05, 0) is 37.1 Å². The molecule has 3 rings (SSSR count). The number of rotatable bonds is 7. The number of piperazine rings is 1. The van der Waals surface area contributed by atoms with Crippen LogP contribution in [0, 0.1) is 5.92 Å². The Kier molecular flexibility index (Phi) is 6.53. The predicted octanol–water partition coefficient (Wildman–Crippen LogP) is 0.394. The first-order valence-electron chi connectivity index (χ1n) is 9.70. The van der Waals surface area contributed by atoms with E-state index in [0.717, 1.165) is 12.8 Å². The van der Waals surface area contributed by atoms with Crippen molar-refractivity contribution >= 4 is 33.4 Å². The monoisotopic (exact) mass is 422 g/mol. The van der Waals surface area contributed by atoms with Gasteiger partial charge in [0, 0.05) is 57.7 Å². The van der Waals surface area contributed by atoms with E-state index in [9.17, 15) is 22.8 Å². The summed E-state index contributed by atoms with van der Waals surface area (Å²) in [4.78, 5) is 39.0. The Labute approximate surface area is 170 Å². The number of hydrogen-bond acceptors (Lipinski definition) is 5. The highest BCUT2D eigenvalue weighted by atomic mass is 32.2. The SMILES string of the molecule is CC(=O)Nc1ccc(S(=O)(=O)NCCC(=O)N2CCN(C(=O)C3CC3)CC2)cc1. The summed E-state index contributed by atoms with van der Waals surface area (Å²) < 4.78 is 27.1. The highest BCUT2D eigenvalue weighted by Crippen LogP contribution is 2.31. The van der Waals surface area contributed by atoms with Gasteiger partial charge in [0.1, 0.15) is 0 Å². The average Bonchev–Trinajstić information content (AvgIpc) is 3.52. The lowest BCUT2D eigenvalue weighted by Gasteiger charge is -2.35. The predicted molar refractivity (Wildman–Crippen MR) is 106 cm³/mol. The van der Waals surface area contributed by atoms with Crippen molar-refractivity contribution in [2.75, 3.05) is 38.0 Å². The van der Waals surface area contributed by atoms with Crippen LogP contribution in [-0.4, -0.2) is 68.7 Å². The maximum absolute atomic E-state index is 12.3. The molecule has 158 valence electrons. The molecule has 0 unspecified atom stereocenters. The van der Waals surface area contributed by atoms with E-state index in [4.69, 9.17) is 0 Å². The van der Waals surface area contributed by atoms with Crippen LogP contribution in [0.3, 0.4) is 0 Å². The Hall–Kier alpha value is -2.46. The van der Waals surface area contributed by atoms with Gasteiger partial charge in [-0.3, -0.25) is 14.4 Å². The molecule has 0 radical (unpaired) electrons. The molecule has 1 heterocycles. The fourth-order valence-electron chi connectivity index (χ4n) is 3.22. The van der Waals surface area contributed by atoms with E-state index in [1.807, 2.05) is 4.90 Å². The van der Waals surface area contributed by atoms with E-state index in [1.165, 1.54) is 31.2 Å². The number of amides is 3. The molecular formula is C19H26N4O5S. The third kappa shape index (κ3) is 5.77. The third-order valence-electron chi connectivity index (χ3n) is 4.99. The van der Waals surface area contributed by atoms with Crippen molar-refractivity contribution in [3.63, 3.8) is 0 Å². The minimum absolute atomic E-state index is 0.00413. The number of anilines is 1. The van der Waals surface area contributed by atoms with Crippen LogP contribution in [-0.2, 0) is 24.4 Å².